The standard InChI is InChI=1S/C11H11N5O4/c12-8-5-9(14-2-13-8)16(3-15-5)10-6(18)7(19)11(20-10)1-4(11)17/h2-4,6,10,17-18H,1H2,(H2,12,13,14)/t4-,6?,10?,11-/m1/s1. The highest BCUT2D eigenvalue weighted by Crippen LogP contribution is 2.50. The van der Waals surface area contributed by atoms with E-state index in [1.54, 1.807) is 0 Å². The van der Waals surface area contributed by atoms with Crippen LogP contribution < -0.4 is 5.73 Å². The molecule has 4 rings (SSSR count). The molecule has 0 aromatic carbocycles. The largest absolute Gasteiger partial charge is 0.389 e. The number of carbonyl (C=O) groups is 1. The Labute approximate surface area is 112 Å². The molecular formula is C11H11N5O4. The average Bonchev–Trinajstić information content (AvgIpc) is 2.80. The van der Waals surface area contributed by atoms with E-state index >= 15 is 0 Å². The number of aliphatic hydroxyl groups is 2. The predicted molar refractivity (Wildman–Crippen MR) is 64.2 cm³/mol. The number of ketones is 1. The minimum Gasteiger partial charge on any atom is -0.389 e. The van der Waals surface area contributed by atoms with Crippen molar-refractivity contribution in [2.24, 2.45) is 0 Å². The van der Waals surface area contributed by atoms with E-state index in [0.29, 0.717) is 11.2 Å². The molecule has 1 aliphatic carbocycles. The Bertz CT molecular complexity index is 731. The Hall–Kier alpha value is -2.10. The van der Waals surface area contributed by atoms with Gasteiger partial charge in [-0.1, -0.05) is 0 Å². The van der Waals surface area contributed by atoms with Crippen molar-refractivity contribution in [2.45, 2.75) is 30.5 Å². The Morgan fingerprint density at radius 3 is 2.80 bits per heavy atom. The van der Waals surface area contributed by atoms with Crippen LogP contribution in [-0.4, -0.2) is 53.3 Å². The summed E-state index contributed by atoms with van der Waals surface area (Å²) in [5, 5.41) is 19.6. The Morgan fingerprint density at radius 1 is 1.40 bits per heavy atom. The van der Waals surface area contributed by atoms with Crippen molar-refractivity contribution in [3.8, 4) is 0 Å². The molecule has 20 heavy (non-hydrogen) atoms. The quantitative estimate of drug-likeness (QED) is 0.565. The Balaban J connectivity index is 1.81. The summed E-state index contributed by atoms with van der Waals surface area (Å²) in [5.41, 5.74) is 5.13. The Kier molecular flexibility index (Phi) is 2.05. The fourth-order valence-electron chi connectivity index (χ4n) is 2.60. The van der Waals surface area contributed by atoms with Crippen molar-refractivity contribution >= 4 is 22.8 Å². The lowest BCUT2D eigenvalue weighted by atomic mass is 10.1. The third-order valence-corrected chi connectivity index (χ3v) is 3.82. The minimum atomic E-state index is -1.37. The van der Waals surface area contributed by atoms with E-state index in [4.69, 9.17) is 10.5 Å². The molecule has 4 N–H and O–H groups in total. The lowest BCUT2D eigenvalue weighted by molar-refractivity contribution is -0.129. The van der Waals surface area contributed by atoms with Crippen molar-refractivity contribution in [3.05, 3.63) is 12.7 Å². The Morgan fingerprint density at radius 2 is 2.15 bits per heavy atom. The second-order valence-corrected chi connectivity index (χ2v) is 5.01. The molecule has 2 unspecified atom stereocenters. The summed E-state index contributed by atoms with van der Waals surface area (Å²) < 4.78 is 6.99. The maximum absolute atomic E-state index is 12.0. The molecule has 2 fully saturated rings. The third kappa shape index (κ3) is 1.26. The van der Waals surface area contributed by atoms with Gasteiger partial charge < -0.3 is 20.7 Å². The molecule has 1 spiro atoms. The first-order valence-corrected chi connectivity index (χ1v) is 6.06. The molecule has 0 amide bonds. The number of rotatable bonds is 1. The van der Waals surface area contributed by atoms with E-state index in [0.717, 1.165) is 0 Å². The number of nitrogens with zero attached hydrogens (tertiary/aromatic N) is 4. The molecule has 9 nitrogen and oxygen atoms in total. The SMILES string of the molecule is Nc1ncnc2c1ncn2C1O[C@@]2(C[C@H]2O)C(=O)C1O. The first-order chi connectivity index (χ1) is 9.54. The normalized spacial score (nSPS) is 36.1. The summed E-state index contributed by atoms with van der Waals surface area (Å²) >= 11 is 0. The van der Waals surface area contributed by atoms with E-state index in [1.165, 1.54) is 17.2 Å². The molecule has 4 atom stereocenters. The number of fused-ring (bicyclic) bond motifs is 1. The van der Waals surface area contributed by atoms with Gasteiger partial charge in [0.25, 0.3) is 0 Å². The van der Waals surface area contributed by atoms with Crippen LogP contribution in [0.1, 0.15) is 12.6 Å². The highest BCUT2D eigenvalue weighted by atomic mass is 16.6. The van der Waals surface area contributed by atoms with Gasteiger partial charge in [0.2, 0.25) is 0 Å². The van der Waals surface area contributed by atoms with Crippen LogP contribution in [0.25, 0.3) is 11.2 Å². The van der Waals surface area contributed by atoms with Crippen molar-refractivity contribution in [1.29, 1.82) is 0 Å². The number of nitrogen functional groups attached to an aromatic ring is 1. The van der Waals surface area contributed by atoms with Gasteiger partial charge in [-0.2, -0.15) is 0 Å². The number of aliphatic hydroxyl groups excluding tert-OH is 2. The van der Waals surface area contributed by atoms with Crippen molar-refractivity contribution in [2.75, 3.05) is 5.73 Å². The lowest BCUT2D eigenvalue weighted by Crippen LogP contribution is -2.29. The fraction of sp³-hybridized carbons (Fsp3) is 0.455. The number of carbonyl (C=O) groups excluding carboxylic acids is 1. The minimum absolute atomic E-state index is 0.198. The highest BCUT2D eigenvalue weighted by molar-refractivity contribution is 5.97. The molecule has 3 heterocycles. The summed E-state index contributed by atoms with van der Waals surface area (Å²) in [4.78, 5) is 23.9. The number of nitrogens with two attached hydrogens (primary N) is 1. The van der Waals surface area contributed by atoms with E-state index in [9.17, 15) is 15.0 Å². The number of Topliss-reactive ketones (excluding diaryl/α,β-unsaturated/α-hetero) is 1. The van der Waals surface area contributed by atoms with Crippen LogP contribution >= 0.6 is 0 Å². The topological polar surface area (TPSA) is 136 Å². The summed E-state index contributed by atoms with van der Waals surface area (Å²) in [6, 6.07) is 0. The van der Waals surface area contributed by atoms with Gasteiger partial charge in [-0.05, 0) is 0 Å². The van der Waals surface area contributed by atoms with Crippen LogP contribution in [0.15, 0.2) is 12.7 Å². The summed E-state index contributed by atoms with van der Waals surface area (Å²) in [6.45, 7) is 0. The average molecular weight is 277 g/mol. The molecule has 104 valence electrons. The summed E-state index contributed by atoms with van der Waals surface area (Å²) in [5.74, 6) is -0.312. The van der Waals surface area contributed by atoms with Gasteiger partial charge in [0.1, 0.15) is 11.8 Å². The molecule has 2 aromatic heterocycles. The summed E-state index contributed by atoms with van der Waals surface area (Å²) in [6.07, 6.45) is -0.377. The zero-order valence-electron chi connectivity index (χ0n) is 10.2. The summed E-state index contributed by atoms with van der Waals surface area (Å²) in [7, 11) is 0. The first kappa shape index (κ1) is 11.7. The van der Waals surface area contributed by atoms with Gasteiger partial charge in [0, 0.05) is 6.42 Å². The van der Waals surface area contributed by atoms with Crippen LogP contribution in [0, 0.1) is 0 Å². The molecule has 0 radical (unpaired) electrons. The number of imidazole rings is 1. The zero-order valence-corrected chi connectivity index (χ0v) is 10.2. The molecule has 1 aliphatic heterocycles. The van der Waals surface area contributed by atoms with Crippen LogP contribution in [0.3, 0.4) is 0 Å². The van der Waals surface area contributed by atoms with Gasteiger partial charge in [-0.3, -0.25) is 9.36 Å². The third-order valence-electron chi connectivity index (χ3n) is 3.82. The highest BCUT2D eigenvalue weighted by Gasteiger charge is 2.69. The molecule has 2 aliphatic rings. The lowest BCUT2D eigenvalue weighted by Gasteiger charge is -2.15. The number of hydrogen-bond acceptors (Lipinski definition) is 8. The van der Waals surface area contributed by atoms with Crippen molar-refractivity contribution < 1.29 is 19.7 Å². The maximum atomic E-state index is 12.0. The van der Waals surface area contributed by atoms with Gasteiger partial charge in [0.15, 0.2) is 35.2 Å². The van der Waals surface area contributed by atoms with Gasteiger partial charge in [-0.15, -0.1) is 0 Å². The second kappa shape index (κ2) is 3.51. The monoisotopic (exact) mass is 277 g/mol. The number of anilines is 1. The number of ether oxygens (including phenoxy) is 1. The molecule has 1 saturated heterocycles. The number of aromatic nitrogens is 4. The van der Waals surface area contributed by atoms with Gasteiger partial charge in [0.05, 0.1) is 12.4 Å². The van der Waals surface area contributed by atoms with Crippen LogP contribution in [0.4, 0.5) is 5.82 Å². The molecular weight excluding hydrogens is 266 g/mol. The predicted octanol–water partition coefficient (Wildman–Crippen LogP) is -1.63. The van der Waals surface area contributed by atoms with Crippen molar-refractivity contribution in [1.82, 2.24) is 19.5 Å². The van der Waals surface area contributed by atoms with Crippen LogP contribution in [0.2, 0.25) is 0 Å². The van der Waals surface area contributed by atoms with Crippen molar-refractivity contribution in [3.63, 3.8) is 0 Å². The molecule has 1 saturated carbocycles. The van der Waals surface area contributed by atoms with E-state index in [-0.39, 0.29) is 12.2 Å². The van der Waals surface area contributed by atoms with E-state index in [1.807, 2.05) is 0 Å². The van der Waals surface area contributed by atoms with Gasteiger partial charge in [-0.25, -0.2) is 15.0 Å². The maximum Gasteiger partial charge on any atom is 0.200 e. The number of hydrogen-bond donors (Lipinski definition) is 3. The van der Waals surface area contributed by atoms with Crippen LogP contribution in [0.5, 0.6) is 0 Å². The molecule has 0 bridgehead atoms. The first-order valence-electron chi connectivity index (χ1n) is 6.06. The fourth-order valence-corrected chi connectivity index (χ4v) is 2.60. The molecule has 9 heteroatoms. The van der Waals surface area contributed by atoms with Crippen LogP contribution in [-0.2, 0) is 9.53 Å². The van der Waals surface area contributed by atoms with E-state index < -0.39 is 29.8 Å². The smallest absolute Gasteiger partial charge is 0.200 e. The molecule has 2 aromatic rings. The second-order valence-electron chi connectivity index (χ2n) is 5.01. The van der Waals surface area contributed by atoms with E-state index in [2.05, 4.69) is 15.0 Å². The zero-order chi connectivity index (χ0) is 14.1. The van der Waals surface area contributed by atoms with Gasteiger partial charge >= 0.3 is 0 Å².